The number of anilines is 1. The Morgan fingerprint density at radius 1 is 1.41 bits per heavy atom. The summed E-state index contributed by atoms with van der Waals surface area (Å²) in [4.78, 5) is 12.2. The van der Waals surface area contributed by atoms with E-state index in [1.54, 1.807) is 13.8 Å². The topological polar surface area (TPSA) is 55.1 Å². The number of nitrogens with zero attached hydrogens (tertiary/aromatic N) is 1. The molecule has 1 aromatic carbocycles. The average Bonchev–Trinajstić information content (AvgIpc) is 2.80. The van der Waals surface area contributed by atoms with Crippen molar-refractivity contribution in [3.8, 4) is 0 Å². The number of hydrogen-bond acceptors (Lipinski definition) is 3. The first kappa shape index (κ1) is 16.4. The highest BCUT2D eigenvalue weighted by molar-refractivity contribution is 6.31. The van der Waals surface area contributed by atoms with Gasteiger partial charge in [-0.3, -0.25) is 4.79 Å². The van der Waals surface area contributed by atoms with Crippen molar-refractivity contribution < 1.29 is 22.5 Å². The first-order chi connectivity index (χ1) is 10.2. The molecule has 22 heavy (non-hydrogen) atoms. The van der Waals surface area contributed by atoms with Crippen LogP contribution in [0.15, 0.2) is 22.7 Å². The molecule has 1 N–H and O–H groups in total. The smallest absolute Gasteiger partial charge is 0.360 e. The maximum atomic E-state index is 12.8. The van der Waals surface area contributed by atoms with Gasteiger partial charge in [-0.25, -0.2) is 0 Å². The fourth-order valence-electron chi connectivity index (χ4n) is 1.96. The summed E-state index contributed by atoms with van der Waals surface area (Å²) in [5.41, 5.74) is -0.417. The molecule has 0 bridgehead atoms. The van der Waals surface area contributed by atoms with Crippen molar-refractivity contribution in [1.82, 2.24) is 5.16 Å². The second kappa shape index (κ2) is 6.00. The zero-order valence-corrected chi connectivity index (χ0v) is 12.5. The highest BCUT2D eigenvalue weighted by Crippen LogP contribution is 2.36. The number of aryl methyl sites for hydroxylation is 2. The highest BCUT2D eigenvalue weighted by atomic mass is 35.5. The Labute approximate surface area is 129 Å². The van der Waals surface area contributed by atoms with E-state index >= 15 is 0 Å². The predicted octanol–water partition coefficient (Wildman–Crippen LogP) is 4.47. The zero-order valence-electron chi connectivity index (χ0n) is 11.7. The molecule has 118 valence electrons. The van der Waals surface area contributed by atoms with Crippen molar-refractivity contribution in [1.29, 1.82) is 0 Å². The Kier molecular flexibility index (Phi) is 4.46. The lowest BCUT2D eigenvalue weighted by Gasteiger charge is -2.11. The van der Waals surface area contributed by atoms with Gasteiger partial charge in [0.15, 0.2) is 0 Å². The third kappa shape index (κ3) is 3.24. The molecule has 0 saturated heterocycles. The summed E-state index contributed by atoms with van der Waals surface area (Å²) in [6.07, 6.45) is -4.16. The molecular weight excluding hydrogens is 321 g/mol. The van der Waals surface area contributed by atoms with Crippen molar-refractivity contribution >= 4 is 23.2 Å². The first-order valence-electron chi connectivity index (χ1n) is 6.37. The lowest BCUT2D eigenvalue weighted by atomic mass is 10.1. The van der Waals surface area contributed by atoms with Crippen LogP contribution in [0.25, 0.3) is 0 Å². The fourth-order valence-corrected chi connectivity index (χ4v) is 2.19. The van der Waals surface area contributed by atoms with E-state index in [0.29, 0.717) is 17.9 Å². The van der Waals surface area contributed by atoms with Gasteiger partial charge in [0, 0.05) is 12.1 Å². The minimum Gasteiger partial charge on any atom is -0.360 e. The Bertz CT molecular complexity index is 711. The molecular formula is C14H12ClF3N2O2. The molecule has 0 saturated carbocycles. The van der Waals surface area contributed by atoms with Gasteiger partial charge in [0.1, 0.15) is 11.3 Å². The summed E-state index contributed by atoms with van der Waals surface area (Å²) < 4.78 is 43.4. The van der Waals surface area contributed by atoms with Crippen LogP contribution in [0.1, 0.15) is 34.3 Å². The monoisotopic (exact) mass is 332 g/mol. The molecule has 1 aromatic heterocycles. The number of benzene rings is 1. The van der Waals surface area contributed by atoms with Crippen LogP contribution >= 0.6 is 11.6 Å². The van der Waals surface area contributed by atoms with E-state index in [0.717, 1.165) is 12.1 Å². The van der Waals surface area contributed by atoms with Gasteiger partial charge in [-0.05, 0) is 25.1 Å². The van der Waals surface area contributed by atoms with Crippen LogP contribution in [-0.4, -0.2) is 11.1 Å². The minimum absolute atomic E-state index is 0.00984. The van der Waals surface area contributed by atoms with Crippen molar-refractivity contribution in [2.45, 2.75) is 26.4 Å². The molecule has 0 atom stereocenters. The van der Waals surface area contributed by atoms with E-state index in [2.05, 4.69) is 10.5 Å². The number of carbonyl (C=O) groups is 1. The second-order valence-corrected chi connectivity index (χ2v) is 4.97. The molecule has 0 unspecified atom stereocenters. The quantitative estimate of drug-likeness (QED) is 0.902. The minimum atomic E-state index is -4.60. The molecule has 1 amide bonds. The van der Waals surface area contributed by atoms with Crippen LogP contribution < -0.4 is 5.32 Å². The van der Waals surface area contributed by atoms with E-state index in [1.807, 2.05) is 0 Å². The summed E-state index contributed by atoms with van der Waals surface area (Å²) in [6.45, 7) is 3.36. The standard InChI is InChI=1S/C14H12ClF3N2O2/c1-3-11-12(7(2)20-22-11)13(21)19-8-4-5-10(15)9(6-8)14(16,17)18/h4-6H,3H2,1-2H3,(H,19,21). The van der Waals surface area contributed by atoms with E-state index < -0.39 is 22.7 Å². The molecule has 0 aliphatic carbocycles. The van der Waals surface area contributed by atoms with Crippen LogP contribution in [0.4, 0.5) is 18.9 Å². The molecule has 0 radical (unpaired) electrons. The number of halogens is 4. The second-order valence-electron chi connectivity index (χ2n) is 4.57. The van der Waals surface area contributed by atoms with Gasteiger partial charge in [-0.1, -0.05) is 23.7 Å². The predicted molar refractivity (Wildman–Crippen MR) is 75.0 cm³/mol. The summed E-state index contributed by atoms with van der Waals surface area (Å²) in [5, 5.41) is 5.66. The molecule has 4 nitrogen and oxygen atoms in total. The molecule has 1 heterocycles. The fraction of sp³-hybridized carbons (Fsp3) is 0.286. The van der Waals surface area contributed by atoms with Gasteiger partial charge in [0.05, 0.1) is 16.3 Å². The number of alkyl halides is 3. The van der Waals surface area contributed by atoms with E-state index in [4.69, 9.17) is 16.1 Å². The number of amides is 1. The van der Waals surface area contributed by atoms with Gasteiger partial charge in [-0.15, -0.1) is 0 Å². The van der Waals surface area contributed by atoms with Crippen molar-refractivity contribution in [3.05, 3.63) is 45.8 Å². The SMILES string of the molecule is CCc1onc(C)c1C(=O)Nc1ccc(Cl)c(C(F)(F)F)c1. The third-order valence-electron chi connectivity index (χ3n) is 3.01. The molecule has 0 aliphatic heterocycles. The number of nitrogens with one attached hydrogen (secondary N) is 1. The van der Waals surface area contributed by atoms with E-state index in [-0.39, 0.29) is 11.3 Å². The van der Waals surface area contributed by atoms with Gasteiger partial charge >= 0.3 is 6.18 Å². The first-order valence-corrected chi connectivity index (χ1v) is 6.75. The molecule has 8 heteroatoms. The van der Waals surface area contributed by atoms with Crippen LogP contribution in [0.2, 0.25) is 5.02 Å². The Balaban J connectivity index is 2.31. The number of rotatable bonds is 3. The van der Waals surface area contributed by atoms with Crippen LogP contribution in [0.5, 0.6) is 0 Å². The maximum Gasteiger partial charge on any atom is 0.417 e. The Morgan fingerprint density at radius 2 is 2.09 bits per heavy atom. The number of aromatic nitrogens is 1. The molecule has 0 aliphatic rings. The average molecular weight is 333 g/mol. The summed E-state index contributed by atoms with van der Waals surface area (Å²) >= 11 is 5.53. The normalized spacial score (nSPS) is 11.5. The van der Waals surface area contributed by atoms with Gasteiger partial charge in [0.25, 0.3) is 5.91 Å². The highest BCUT2D eigenvalue weighted by Gasteiger charge is 2.33. The van der Waals surface area contributed by atoms with Crippen molar-refractivity contribution in [2.24, 2.45) is 0 Å². The molecule has 2 rings (SSSR count). The Morgan fingerprint density at radius 3 is 2.68 bits per heavy atom. The summed E-state index contributed by atoms with van der Waals surface area (Å²) in [5.74, 6) is -0.203. The molecule has 0 fully saturated rings. The third-order valence-corrected chi connectivity index (χ3v) is 3.34. The van der Waals surface area contributed by atoms with Crippen LogP contribution in [0, 0.1) is 6.92 Å². The lowest BCUT2D eigenvalue weighted by Crippen LogP contribution is -2.15. The largest absolute Gasteiger partial charge is 0.417 e. The van der Waals surface area contributed by atoms with Gasteiger partial charge < -0.3 is 9.84 Å². The maximum absolute atomic E-state index is 12.8. The zero-order chi connectivity index (χ0) is 16.5. The molecule has 0 spiro atoms. The summed E-state index contributed by atoms with van der Waals surface area (Å²) in [6, 6.07) is 3.17. The van der Waals surface area contributed by atoms with Crippen LogP contribution in [0.3, 0.4) is 0 Å². The Hall–Kier alpha value is -2.02. The number of hydrogen-bond donors (Lipinski definition) is 1. The van der Waals surface area contributed by atoms with Crippen molar-refractivity contribution in [2.75, 3.05) is 5.32 Å². The van der Waals surface area contributed by atoms with E-state index in [9.17, 15) is 18.0 Å². The van der Waals surface area contributed by atoms with Gasteiger partial charge in [0.2, 0.25) is 0 Å². The van der Waals surface area contributed by atoms with E-state index in [1.165, 1.54) is 6.07 Å². The molecule has 2 aromatic rings. The van der Waals surface area contributed by atoms with Crippen molar-refractivity contribution in [3.63, 3.8) is 0 Å². The summed E-state index contributed by atoms with van der Waals surface area (Å²) in [7, 11) is 0. The lowest BCUT2D eigenvalue weighted by molar-refractivity contribution is -0.137. The van der Waals surface area contributed by atoms with Gasteiger partial charge in [-0.2, -0.15) is 13.2 Å². The van der Waals surface area contributed by atoms with Crippen LogP contribution in [-0.2, 0) is 12.6 Å². The number of carbonyl (C=O) groups excluding carboxylic acids is 1.